The molecule has 4 aromatic rings. The van der Waals surface area contributed by atoms with Crippen molar-refractivity contribution < 1.29 is 4.39 Å². The lowest BCUT2D eigenvalue weighted by Crippen LogP contribution is -2.09. The van der Waals surface area contributed by atoms with Crippen molar-refractivity contribution >= 4 is 10.9 Å². The number of halogens is 1. The summed E-state index contributed by atoms with van der Waals surface area (Å²) in [6.45, 7) is 0. The lowest BCUT2D eigenvalue weighted by Gasteiger charge is -2.02. The third-order valence-corrected chi connectivity index (χ3v) is 3.64. The summed E-state index contributed by atoms with van der Waals surface area (Å²) < 4.78 is 13.9. The van der Waals surface area contributed by atoms with E-state index in [0.717, 1.165) is 11.3 Å². The van der Waals surface area contributed by atoms with E-state index >= 15 is 0 Å². The van der Waals surface area contributed by atoms with Gasteiger partial charge in [0, 0.05) is 23.3 Å². The Balaban J connectivity index is 1.87. The molecule has 0 unspecified atom stereocenters. The van der Waals surface area contributed by atoms with Crippen LogP contribution >= 0.6 is 0 Å². The van der Waals surface area contributed by atoms with E-state index in [1.54, 1.807) is 30.7 Å². The number of nitrogens with one attached hydrogen (secondary N) is 2. The molecular formula is C17H11FN4O. The topological polar surface area (TPSA) is 74.4 Å². The number of imidazole rings is 1. The van der Waals surface area contributed by atoms with Crippen LogP contribution in [0, 0.1) is 5.82 Å². The van der Waals surface area contributed by atoms with E-state index in [9.17, 15) is 9.18 Å². The average Bonchev–Trinajstić information content (AvgIpc) is 3.05. The molecule has 0 saturated heterocycles. The molecule has 0 aliphatic rings. The maximum atomic E-state index is 13.9. The number of hydrogen-bond donors (Lipinski definition) is 2. The molecule has 3 heterocycles. The largest absolute Gasteiger partial charge is 0.338 e. The number of H-pyrrole nitrogens is 2. The molecule has 4 rings (SSSR count). The molecule has 0 spiro atoms. The highest BCUT2D eigenvalue weighted by Crippen LogP contribution is 2.22. The summed E-state index contributed by atoms with van der Waals surface area (Å²) in [4.78, 5) is 26.3. The molecule has 23 heavy (non-hydrogen) atoms. The van der Waals surface area contributed by atoms with Gasteiger partial charge in [-0.15, -0.1) is 0 Å². The van der Waals surface area contributed by atoms with Crippen molar-refractivity contribution in [2.45, 2.75) is 0 Å². The van der Waals surface area contributed by atoms with E-state index in [1.165, 1.54) is 12.1 Å². The Morgan fingerprint density at radius 2 is 1.96 bits per heavy atom. The second-order valence-corrected chi connectivity index (χ2v) is 5.10. The first-order valence-electron chi connectivity index (χ1n) is 7.00. The maximum absolute atomic E-state index is 13.9. The highest BCUT2D eigenvalue weighted by molar-refractivity contribution is 5.83. The first-order chi connectivity index (χ1) is 11.2. The Bertz CT molecular complexity index is 1050. The van der Waals surface area contributed by atoms with Crippen LogP contribution in [0.3, 0.4) is 0 Å². The molecule has 2 N–H and O–H groups in total. The average molecular weight is 306 g/mol. The number of benzene rings is 1. The second kappa shape index (κ2) is 5.17. The van der Waals surface area contributed by atoms with Crippen molar-refractivity contribution in [1.29, 1.82) is 0 Å². The van der Waals surface area contributed by atoms with E-state index in [1.807, 2.05) is 12.1 Å². The van der Waals surface area contributed by atoms with Gasteiger partial charge < -0.3 is 9.97 Å². The Morgan fingerprint density at radius 1 is 1.04 bits per heavy atom. The molecule has 112 valence electrons. The molecule has 0 fully saturated rings. The highest BCUT2D eigenvalue weighted by atomic mass is 19.1. The summed E-state index contributed by atoms with van der Waals surface area (Å²) in [7, 11) is 0. The smallest absolute Gasteiger partial charge is 0.259 e. The number of aromatic nitrogens is 4. The second-order valence-electron chi connectivity index (χ2n) is 5.10. The fraction of sp³-hybridized carbons (Fsp3) is 0. The van der Waals surface area contributed by atoms with Gasteiger partial charge in [-0.2, -0.15) is 0 Å². The molecule has 0 aliphatic heterocycles. The van der Waals surface area contributed by atoms with Gasteiger partial charge in [-0.05, 0) is 30.3 Å². The summed E-state index contributed by atoms with van der Waals surface area (Å²) in [6.07, 6.45) is 5.00. The highest BCUT2D eigenvalue weighted by Gasteiger charge is 2.12. The van der Waals surface area contributed by atoms with Gasteiger partial charge in [-0.1, -0.05) is 6.07 Å². The summed E-state index contributed by atoms with van der Waals surface area (Å²) in [5, 5.41) is 0.349. The molecule has 0 amide bonds. The van der Waals surface area contributed by atoms with Crippen LogP contribution in [0.2, 0.25) is 0 Å². The van der Waals surface area contributed by atoms with E-state index in [2.05, 4.69) is 19.9 Å². The molecule has 0 radical (unpaired) electrons. The van der Waals surface area contributed by atoms with Crippen molar-refractivity contribution in [3.63, 3.8) is 0 Å². The minimum absolute atomic E-state index is 0.290. The van der Waals surface area contributed by atoms with Crippen LogP contribution in [0.4, 0.5) is 4.39 Å². The normalized spacial score (nSPS) is 11.0. The minimum atomic E-state index is -0.390. The van der Waals surface area contributed by atoms with Crippen LogP contribution < -0.4 is 5.56 Å². The Hall–Kier alpha value is -3.28. The van der Waals surface area contributed by atoms with E-state index in [0.29, 0.717) is 16.7 Å². The van der Waals surface area contributed by atoms with Gasteiger partial charge >= 0.3 is 0 Å². The number of nitrogens with zero attached hydrogens (tertiary/aromatic N) is 2. The van der Waals surface area contributed by atoms with Gasteiger partial charge in [0.05, 0.1) is 23.0 Å². The first kappa shape index (κ1) is 13.4. The van der Waals surface area contributed by atoms with Crippen LogP contribution in [-0.2, 0) is 0 Å². The standard InChI is InChI=1S/C17H11FN4O/c18-13-4-1-5-14-11(13)7-12(17(23)22-14)16-20-9-15(21-16)10-3-2-6-19-8-10/h1-9H,(H,20,21)(H,22,23). The van der Waals surface area contributed by atoms with Crippen LogP contribution in [0.15, 0.2) is 59.8 Å². The van der Waals surface area contributed by atoms with Crippen molar-refractivity contribution in [3.05, 3.63) is 71.2 Å². The van der Waals surface area contributed by atoms with Gasteiger partial charge in [0.15, 0.2) is 0 Å². The van der Waals surface area contributed by atoms with E-state index in [-0.39, 0.29) is 16.9 Å². The van der Waals surface area contributed by atoms with Crippen molar-refractivity contribution in [2.24, 2.45) is 0 Å². The fourth-order valence-electron chi connectivity index (χ4n) is 2.50. The first-order valence-corrected chi connectivity index (χ1v) is 7.00. The molecule has 5 nitrogen and oxygen atoms in total. The van der Waals surface area contributed by atoms with Crippen molar-refractivity contribution in [3.8, 4) is 22.6 Å². The zero-order valence-corrected chi connectivity index (χ0v) is 11.9. The van der Waals surface area contributed by atoms with Crippen LogP contribution in [-0.4, -0.2) is 19.9 Å². The van der Waals surface area contributed by atoms with Gasteiger partial charge in [0.25, 0.3) is 5.56 Å². The van der Waals surface area contributed by atoms with Gasteiger partial charge in [0.1, 0.15) is 11.6 Å². The summed E-state index contributed by atoms with van der Waals surface area (Å²) in [5.74, 6) is -0.00528. The van der Waals surface area contributed by atoms with Gasteiger partial charge in [-0.3, -0.25) is 9.78 Å². The molecular weight excluding hydrogens is 295 g/mol. The summed E-state index contributed by atoms with van der Waals surface area (Å²) in [6, 6.07) is 9.78. The van der Waals surface area contributed by atoms with E-state index in [4.69, 9.17) is 0 Å². The van der Waals surface area contributed by atoms with Crippen LogP contribution in [0.25, 0.3) is 33.5 Å². The number of rotatable bonds is 2. The minimum Gasteiger partial charge on any atom is -0.338 e. The SMILES string of the molecule is O=c1[nH]c2cccc(F)c2cc1-c1ncc(-c2cccnc2)[nH]1. The quantitative estimate of drug-likeness (QED) is 0.597. The van der Waals surface area contributed by atoms with Crippen molar-refractivity contribution in [1.82, 2.24) is 19.9 Å². The zero-order chi connectivity index (χ0) is 15.8. The van der Waals surface area contributed by atoms with Gasteiger partial charge in [-0.25, -0.2) is 9.37 Å². The molecule has 0 aliphatic carbocycles. The predicted octanol–water partition coefficient (Wildman–Crippen LogP) is 3.12. The fourth-order valence-corrected chi connectivity index (χ4v) is 2.50. The Labute approximate surface area is 129 Å². The lowest BCUT2D eigenvalue weighted by molar-refractivity contribution is 0.639. The lowest BCUT2D eigenvalue weighted by atomic mass is 10.1. The molecule has 1 aromatic carbocycles. The maximum Gasteiger partial charge on any atom is 0.259 e. The van der Waals surface area contributed by atoms with Crippen LogP contribution in [0.1, 0.15) is 0 Å². The zero-order valence-electron chi connectivity index (χ0n) is 11.9. The molecule has 0 saturated carbocycles. The van der Waals surface area contributed by atoms with E-state index < -0.39 is 0 Å². The molecule has 3 aromatic heterocycles. The number of hydrogen-bond acceptors (Lipinski definition) is 3. The molecule has 0 bridgehead atoms. The molecule has 0 atom stereocenters. The number of pyridine rings is 2. The Morgan fingerprint density at radius 3 is 2.78 bits per heavy atom. The third-order valence-electron chi connectivity index (χ3n) is 3.64. The summed E-state index contributed by atoms with van der Waals surface area (Å²) in [5.41, 5.74) is 2.02. The van der Waals surface area contributed by atoms with Gasteiger partial charge in [0.2, 0.25) is 0 Å². The number of aromatic amines is 2. The van der Waals surface area contributed by atoms with Crippen molar-refractivity contribution in [2.75, 3.05) is 0 Å². The summed E-state index contributed by atoms with van der Waals surface area (Å²) >= 11 is 0. The monoisotopic (exact) mass is 306 g/mol. The third kappa shape index (κ3) is 2.30. The molecule has 6 heteroatoms. The predicted molar refractivity (Wildman–Crippen MR) is 85.3 cm³/mol. The number of fused-ring (bicyclic) bond motifs is 1. The Kier molecular flexibility index (Phi) is 3.01. The van der Waals surface area contributed by atoms with Crippen LogP contribution in [0.5, 0.6) is 0 Å².